The van der Waals surface area contributed by atoms with Crippen molar-refractivity contribution in [3.05, 3.63) is 11.5 Å². The van der Waals surface area contributed by atoms with Crippen molar-refractivity contribution in [3.63, 3.8) is 0 Å². The first-order valence-corrected chi connectivity index (χ1v) is 13.6. The number of aliphatic hydroxyl groups is 8. The number of nitrogens with two attached hydrogens (primary N) is 6. The highest BCUT2D eigenvalue weighted by molar-refractivity contribution is 5.11. The zero-order valence-corrected chi connectivity index (χ0v) is 22.9. The number of ether oxygens (including phenoxy) is 5. The Kier molecular flexibility index (Phi) is 12.6. The fraction of sp³-hybridized carbons (Fsp3) is 0.913. The molecule has 3 aliphatic rings. The monoisotopic (exact) mass is 614 g/mol. The molecule has 4 unspecified atom stereocenters. The third kappa shape index (κ3) is 7.47. The number of aliphatic hydroxyl groups excluding tert-OH is 8. The summed E-state index contributed by atoms with van der Waals surface area (Å²) in [6, 6.07) is -3.02. The third-order valence-electron chi connectivity index (χ3n) is 7.70. The average Bonchev–Trinajstić information content (AvgIpc) is 3.26. The van der Waals surface area contributed by atoms with Crippen LogP contribution < -0.4 is 34.4 Å². The van der Waals surface area contributed by atoms with E-state index >= 15 is 0 Å². The fourth-order valence-electron chi connectivity index (χ4n) is 5.15. The van der Waals surface area contributed by atoms with E-state index in [-0.39, 0.29) is 25.9 Å². The Morgan fingerprint density at radius 3 is 2.02 bits per heavy atom. The summed E-state index contributed by atoms with van der Waals surface area (Å²) in [5.41, 5.74) is 34.3. The third-order valence-corrected chi connectivity index (χ3v) is 7.70. The SMILES string of the molecule is NCC[C@@H](O)/C(O)=C(/N)[C@H](O)O[C@@H]1[C@H](O)[C@H](O[C@@H]2C(O)[C@H](N)CC(N)[C@H]2O[C@H]2OC(CN)[C@@H](O)[C@H](O)C2N)O[C@@H]1CO. The maximum absolute atomic E-state index is 11.0. The van der Waals surface area contributed by atoms with Gasteiger partial charge in [-0.05, 0) is 19.4 Å². The molecule has 0 radical (unpaired) electrons. The molecule has 42 heavy (non-hydrogen) atoms. The molecule has 16 atom stereocenters. The molecule has 19 heteroatoms. The molecular formula is C23H46N6O13. The molecule has 1 saturated carbocycles. The summed E-state index contributed by atoms with van der Waals surface area (Å²) < 4.78 is 28.4. The second-order valence-electron chi connectivity index (χ2n) is 10.7. The summed E-state index contributed by atoms with van der Waals surface area (Å²) in [4.78, 5) is 0. The van der Waals surface area contributed by atoms with Gasteiger partial charge >= 0.3 is 0 Å². The van der Waals surface area contributed by atoms with Crippen LogP contribution in [0.4, 0.5) is 0 Å². The molecule has 2 heterocycles. The van der Waals surface area contributed by atoms with Gasteiger partial charge in [-0.25, -0.2) is 0 Å². The van der Waals surface area contributed by atoms with Crippen molar-refractivity contribution in [1.82, 2.24) is 0 Å². The molecule has 1 aliphatic carbocycles. The van der Waals surface area contributed by atoms with Crippen LogP contribution >= 0.6 is 0 Å². The largest absolute Gasteiger partial charge is 0.508 e. The predicted molar refractivity (Wildman–Crippen MR) is 140 cm³/mol. The van der Waals surface area contributed by atoms with Crippen LogP contribution in [-0.2, 0) is 23.7 Å². The zero-order chi connectivity index (χ0) is 31.5. The van der Waals surface area contributed by atoms with Crippen LogP contribution in [0.15, 0.2) is 11.5 Å². The van der Waals surface area contributed by atoms with E-state index in [1.54, 1.807) is 0 Å². The van der Waals surface area contributed by atoms with Crippen molar-refractivity contribution in [2.24, 2.45) is 34.4 Å². The van der Waals surface area contributed by atoms with E-state index in [9.17, 15) is 40.9 Å². The van der Waals surface area contributed by atoms with Gasteiger partial charge in [0.05, 0.1) is 18.8 Å². The van der Waals surface area contributed by atoms with Gasteiger partial charge in [0, 0.05) is 18.6 Å². The van der Waals surface area contributed by atoms with E-state index in [2.05, 4.69) is 0 Å². The smallest absolute Gasteiger partial charge is 0.199 e. The number of hydrogen-bond acceptors (Lipinski definition) is 19. The van der Waals surface area contributed by atoms with Crippen molar-refractivity contribution in [2.45, 2.75) is 111 Å². The van der Waals surface area contributed by atoms with Crippen LogP contribution in [0.5, 0.6) is 0 Å². The topological polar surface area (TPSA) is 364 Å². The first-order chi connectivity index (χ1) is 19.8. The molecule has 20 N–H and O–H groups in total. The summed E-state index contributed by atoms with van der Waals surface area (Å²) in [5.74, 6) is -0.791. The highest BCUT2D eigenvalue weighted by Gasteiger charge is 2.53. The van der Waals surface area contributed by atoms with Gasteiger partial charge < -0.3 is 98.9 Å². The molecule has 246 valence electrons. The van der Waals surface area contributed by atoms with E-state index in [4.69, 9.17) is 58.1 Å². The molecule has 2 aliphatic heterocycles. The van der Waals surface area contributed by atoms with Crippen LogP contribution in [0.25, 0.3) is 0 Å². The molecule has 0 spiro atoms. The van der Waals surface area contributed by atoms with Crippen LogP contribution in [0.1, 0.15) is 12.8 Å². The molecule has 3 fully saturated rings. The second kappa shape index (κ2) is 15.1. The lowest BCUT2D eigenvalue weighted by atomic mass is 9.84. The van der Waals surface area contributed by atoms with E-state index in [1.807, 2.05) is 0 Å². The Labute approximate surface area is 241 Å². The fourth-order valence-corrected chi connectivity index (χ4v) is 5.15. The summed E-state index contributed by atoms with van der Waals surface area (Å²) in [6.07, 6.45) is -18.8. The van der Waals surface area contributed by atoms with Crippen LogP contribution in [0.3, 0.4) is 0 Å². The number of rotatable bonds is 12. The van der Waals surface area contributed by atoms with Crippen molar-refractivity contribution in [1.29, 1.82) is 0 Å². The maximum atomic E-state index is 11.0. The molecule has 2 saturated heterocycles. The zero-order valence-electron chi connectivity index (χ0n) is 22.9. The van der Waals surface area contributed by atoms with Crippen molar-refractivity contribution in [2.75, 3.05) is 19.7 Å². The summed E-state index contributed by atoms with van der Waals surface area (Å²) >= 11 is 0. The van der Waals surface area contributed by atoms with Crippen LogP contribution in [0, 0.1) is 0 Å². The molecule has 0 bridgehead atoms. The molecule has 0 aromatic heterocycles. The normalized spacial score (nSPS) is 45.0. The lowest BCUT2D eigenvalue weighted by molar-refractivity contribution is -0.306. The highest BCUT2D eigenvalue weighted by atomic mass is 16.7. The Bertz CT molecular complexity index is 892. The van der Waals surface area contributed by atoms with E-state index in [0.29, 0.717) is 0 Å². The van der Waals surface area contributed by atoms with E-state index < -0.39 is 116 Å². The van der Waals surface area contributed by atoms with E-state index in [1.165, 1.54) is 0 Å². The quantitative estimate of drug-likeness (QED) is 0.0716. The summed E-state index contributed by atoms with van der Waals surface area (Å²) in [6.45, 7) is -0.885. The Morgan fingerprint density at radius 1 is 0.810 bits per heavy atom. The minimum Gasteiger partial charge on any atom is -0.508 e. The van der Waals surface area contributed by atoms with Gasteiger partial charge in [-0.1, -0.05) is 0 Å². The maximum Gasteiger partial charge on any atom is 0.199 e. The molecular weight excluding hydrogens is 568 g/mol. The Balaban J connectivity index is 1.77. The van der Waals surface area contributed by atoms with E-state index in [0.717, 1.165) is 0 Å². The predicted octanol–water partition coefficient (Wildman–Crippen LogP) is -7.87. The van der Waals surface area contributed by atoms with Gasteiger partial charge in [-0.3, -0.25) is 0 Å². The minimum absolute atomic E-state index is 0.0101. The molecule has 19 nitrogen and oxygen atoms in total. The van der Waals surface area contributed by atoms with Crippen molar-refractivity contribution >= 4 is 0 Å². The van der Waals surface area contributed by atoms with Gasteiger partial charge in [-0.15, -0.1) is 0 Å². The van der Waals surface area contributed by atoms with Crippen LogP contribution in [0.2, 0.25) is 0 Å². The van der Waals surface area contributed by atoms with Crippen molar-refractivity contribution < 1.29 is 64.5 Å². The lowest BCUT2D eigenvalue weighted by Crippen LogP contribution is -2.68. The van der Waals surface area contributed by atoms with Gasteiger partial charge in [0.2, 0.25) is 0 Å². The Morgan fingerprint density at radius 2 is 1.43 bits per heavy atom. The molecule has 3 rings (SSSR count). The van der Waals surface area contributed by atoms with Gasteiger partial charge in [0.25, 0.3) is 0 Å². The molecule has 0 aromatic rings. The summed E-state index contributed by atoms with van der Waals surface area (Å²) in [7, 11) is 0. The highest BCUT2D eigenvalue weighted by Crippen LogP contribution is 2.33. The summed E-state index contributed by atoms with van der Waals surface area (Å²) in [5, 5.41) is 82.5. The van der Waals surface area contributed by atoms with Crippen molar-refractivity contribution in [3.8, 4) is 0 Å². The second-order valence-corrected chi connectivity index (χ2v) is 10.7. The molecule has 0 aromatic carbocycles. The van der Waals surface area contributed by atoms with Gasteiger partial charge in [0.1, 0.15) is 66.4 Å². The first kappa shape index (κ1) is 35.1. The molecule has 0 amide bonds. The van der Waals surface area contributed by atoms with Crippen LogP contribution in [-0.4, -0.2) is 159 Å². The average molecular weight is 615 g/mol. The van der Waals surface area contributed by atoms with Gasteiger partial charge in [0.15, 0.2) is 18.9 Å². The first-order valence-electron chi connectivity index (χ1n) is 13.6. The minimum atomic E-state index is -2.05. The lowest BCUT2D eigenvalue weighted by Gasteiger charge is -2.47. The standard InChI is InChI=1S/C23H46N6O13/c24-2-1-8(31)14(33)11(28)21(37)40-19-10(5-30)39-23(17(19)36)42-20-13(32)6(26)3-7(27)18(20)41-22-12(29)16(35)15(34)9(4-25)38-22/h6-10,12-13,15-23,30-37H,1-5,24-29H2/b14-11-/t6-,7?,8-,9?,10-,12?,13?,15-,16-,17+,18-,19+,20-,21-,22-,23+/m1/s1. The Hall–Kier alpha value is -1.34. The number of hydrogen-bond donors (Lipinski definition) is 14. The van der Waals surface area contributed by atoms with Gasteiger partial charge in [-0.2, -0.15) is 0 Å².